The Kier molecular flexibility index (Phi) is 5.56. The molecule has 1 amide bonds. The Bertz CT molecular complexity index is 1050. The van der Waals surface area contributed by atoms with E-state index in [0.717, 1.165) is 38.0 Å². The molecule has 5 rings (SSSR count). The molecular weight excluding hydrogens is 414 g/mol. The molecule has 2 aromatic rings. The van der Waals surface area contributed by atoms with Gasteiger partial charge in [-0.15, -0.1) is 0 Å². The summed E-state index contributed by atoms with van der Waals surface area (Å²) >= 11 is 0. The first-order chi connectivity index (χ1) is 15.0. The van der Waals surface area contributed by atoms with Gasteiger partial charge in [0, 0.05) is 56.2 Å². The molecule has 7 nitrogen and oxygen atoms in total. The molecule has 1 spiro atoms. The Hall–Kier alpha value is -1.90. The van der Waals surface area contributed by atoms with E-state index in [4.69, 9.17) is 4.74 Å². The van der Waals surface area contributed by atoms with Crippen molar-refractivity contribution < 1.29 is 17.9 Å². The fourth-order valence-corrected chi connectivity index (χ4v) is 7.94. The summed E-state index contributed by atoms with van der Waals surface area (Å²) in [6, 6.07) is 8.19. The number of aromatic amines is 1. The predicted octanol–water partition coefficient (Wildman–Crippen LogP) is 1.84. The first-order valence-electron chi connectivity index (χ1n) is 11.3. The average Bonchev–Trinajstić information content (AvgIpc) is 3.26. The number of likely N-dealkylation sites (tertiary alicyclic amines) is 1. The van der Waals surface area contributed by atoms with Crippen molar-refractivity contribution in [1.29, 1.82) is 0 Å². The summed E-state index contributed by atoms with van der Waals surface area (Å²) < 4.78 is 30.5. The molecule has 3 aliphatic heterocycles. The van der Waals surface area contributed by atoms with Crippen LogP contribution in [0.3, 0.4) is 0 Å². The van der Waals surface area contributed by atoms with E-state index in [2.05, 4.69) is 22.0 Å². The average molecular weight is 446 g/mol. The fourth-order valence-electron chi connectivity index (χ4n) is 5.53. The second-order valence-corrected chi connectivity index (χ2v) is 11.7. The number of carbonyl (C=O) groups is 1. The molecule has 4 heterocycles. The van der Waals surface area contributed by atoms with Crippen LogP contribution in [0.5, 0.6) is 0 Å². The van der Waals surface area contributed by atoms with Crippen molar-refractivity contribution in [2.75, 3.05) is 51.7 Å². The van der Waals surface area contributed by atoms with E-state index in [0.29, 0.717) is 39.1 Å². The normalized spacial score (nSPS) is 25.2. The lowest BCUT2D eigenvalue weighted by molar-refractivity contribution is -0.137. The van der Waals surface area contributed by atoms with E-state index >= 15 is 0 Å². The number of aryl methyl sites for hydroxylation is 1. The minimum Gasteiger partial charge on any atom is -0.379 e. The topological polar surface area (TPSA) is 82.7 Å². The van der Waals surface area contributed by atoms with Gasteiger partial charge in [0.15, 0.2) is 9.84 Å². The van der Waals surface area contributed by atoms with E-state index in [1.807, 2.05) is 18.3 Å². The molecular formula is C23H31N3O4S. The highest BCUT2D eigenvalue weighted by Crippen LogP contribution is 2.45. The van der Waals surface area contributed by atoms with Gasteiger partial charge >= 0.3 is 0 Å². The zero-order chi connectivity index (χ0) is 21.5. The SMILES string of the molecule is O=C(CCCc1c[nH]c2ccccc12)N1CC2(C1)C(CN1CCOCC1)CCS2(=O)=O. The van der Waals surface area contributed by atoms with Gasteiger partial charge in [0.25, 0.3) is 0 Å². The standard InChI is InChI=1S/C23H31N3O4S/c27-22(7-3-4-18-14-24-21-6-2-1-5-20(18)21)26-16-23(17-26)19(8-13-31(23,28)29)15-25-9-11-30-12-10-25/h1-2,5-6,14,19,24H,3-4,7-13,15-17H2. The van der Waals surface area contributed by atoms with Crippen molar-refractivity contribution in [3.63, 3.8) is 0 Å². The Morgan fingerprint density at radius 2 is 1.97 bits per heavy atom. The second-order valence-electron chi connectivity index (χ2n) is 9.25. The molecule has 0 saturated carbocycles. The van der Waals surface area contributed by atoms with Crippen LogP contribution >= 0.6 is 0 Å². The third-order valence-corrected chi connectivity index (χ3v) is 10.1. The maximum atomic E-state index is 12.9. The van der Waals surface area contributed by atoms with Crippen molar-refractivity contribution in [1.82, 2.24) is 14.8 Å². The zero-order valence-electron chi connectivity index (χ0n) is 17.9. The Balaban J connectivity index is 1.16. The number of aromatic nitrogens is 1. The zero-order valence-corrected chi connectivity index (χ0v) is 18.7. The van der Waals surface area contributed by atoms with E-state index in [1.165, 1.54) is 10.9 Å². The molecule has 1 aromatic heterocycles. The third kappa shape index (κ3) is 3.79. The highest BCUT2D eigenvalue weighted by atomic mass is 32.2. The van der Waals surface area contributed by atoms with Crippen LogP contribution in [-0.2, 0) is 25.8 Å². The Morgan fingerprint density at radius 1 is 1.19 bits per heavy atom. The van der Waals surface area contributed by atoms with Crippen LogP contribution in [0.4, 0.5) is 0 Å². The lowest BCUT2D eigenvalue weighted by Gasteiger charge is -2.51. The second kappa shape index (κ2) is 8.22. The lowest BCUT2D eigenvalue weighted by Crippen LogP contribution is -2.69. The number of amides is 1. The maximum Gasteiger partial charge on any atom is 0.222 e. The van der Waals surface area contributed by atoms with E-state index in [-0.39, 0.29) is 17.6 Å². The third-order valence-electron chi connectivity index (χ3n) is 7.46. The summed E-state index contributed by atoms with van der Waals surface area (Å²) in [5, 5.41) is 1.21. The number of ether oxygens (including phenoxy) is 1. The molecule has 31 heavy (non-hydrogen) atoms. The Morgan fingerprint density at radius 3 is 2.77 bits per heavy atom. The first kappa shape index (κ1) is 21.0. The van der Waals surface area contributed by atoms with Crippen LogP contribution in [-0.4, -0.2) is 85.5 Å². The number of hydrogen-bond donors (Lipinski definition) is 1. The summed E-state index contributed by atoms with van der Waals surface area (Å²) in [6.07, 6.45) is 4.81. The van der Waals surface area contributed by atoms with Crippen LogP contribution in [0.25, 0.3) is 10.9 Å². The highest BCUT2D eigenvalue weighted by Gasteiger charge is 2.62. The van der Waals surface area contributed by atoms with Gasteiger partial charge in [-0.3, -0.25) is 9.69 Å². The number of para-hydroxylation sites is 1. The predicted molar refractivity (Wildman–Crippen MR) is 120 cm³/mol. The number of fused-ring (bicyclic) bond motifs is 1. The van der Waals surface area contributed by atoms with Crippen LogP contribution in [0.2, 0.25) is 0 Å². The number of H-pyrrole nitrogens is 1. The number of rotatable bonds is 6. The van der Waals surface area contributed by atoms with Crippen LogP contribution in [0.1, 0.15) is 24.8 Å². The van der Waals surface area contributed by atoms with E-state index in [9.17, 15) is 13.2 Å². The molecule has 1 atom stereocenters. The van der Waals surface area contributed by atoms with Crippen LogP contribution in [0.15, 0.2) is 30.5 Å². The van der Waals surface area contributed by atoms with Gasteiger partial charge in [-0.25, -0.2) is 8.42 Å². The van der Waals surface area contributed by atoms with Crippen molar-refractivity contribution in [3.8, 4) is 0 Å². The van der Waals surface area contributed by atoms with E-state index in [1.54, 1.807) is 4.90 Å². The molecule has 1 N–H and O–H groups in total. The minimum absolute atomic E-state index is 0.0812. The van der Waals surface area contributed by atoms with Gasteiger partial charge in [0.1, 0.15) is 4.75 Å². The molecule has 0 aliphatic carbocycles. The summed E-state index contributed by atoms with van der Waals surface area (Å²) in [6.45, 7) is 4.70. The summed E-state index contributed by atoms with van der Waals surface area (Å²) in [4.78, 5) is 20.1. The van der Waals surface area contributed by atoms with Crippen molar-refractivity contribution in [2.24, 2.45) is 5.92 Å². The van der Waals surface area contributed by atoms with Gasteiger partial charge in [0.05, 0.1) is 19.0 Å². The molecule has 3 fully saturated rings. The molecule has 0 bridgehead atoms. The van der Waals surface area contributed by atoms with Gasteiger partial charge in [-0.1, -0.05) is 18.2 Å². The van der Waals surface area contributed by atoms with Gasteiger partial charge < -0.3 is 14.6 Å². The number of benzene rings is 1. The lowest BCUT2D eigenvalue weighted by atomic mass is 9.82. The van der Waals surface area contributed by atoms with Crippen molar-refractivity contribution >= 4 is 26.6 Å². The fraction of sp³-hybridized carbons (Fsp3) is 0.609. The van der Waals surface area contributed by atoms with Crippen molar-refractivity contribution in [3.05, 3.63) is 36.0 Å². The molecule has 0 radical (unpaired) electrons. The van der Waals surface area contributed by atoms with Crippen molar-refractivity contribution in [2.45, 2.75) is 30.4 Å². The summed E-state index contributed by atoms with van der Waals surface area (Å²) in [5.41, 5.74) is 2.35. The van der Waals surface area contributed by atoms with Crippen LogP contribution < -0.4 is 0 Å². The number of nitrogens with zero attached hydrogens (tertiary/aromatic N) is 2. The number of carbonyl (C=O) groups excluding carboxylic acids is 1. The van der Waals surface area contributed by atoms with Gasteiger partial charge in [-0.05, 0) is 36.8 Å². The quantitative estimate of drug-likeness (QED) is 0.734. The molecule has 3 saturated heterocycles. The molecule has 1 aromatic carbocycles. The monoisotopic (exact) mass is 445 g/mol. The van der Waals surface area contributed by atoms with Gasteiger partial charge in [-0.2, -0.15) is 0 Å². The summed E-state index contributed by atoms with van der Waals surface area (Å²) in [7, 11) is -3.15. The smallest absolute Gasteiger partial charge is 0.222 e. The van der Waals surface area contributed by atoms with Crippen LogP contribution in [0, 0.1) is 5.92 Å². The molecule has 168 valence electrons. The molecule has 1 unspecified atom stereocenters. The molecule has 8 heteroatoms. The first-order valence-corrected chi connectivity index (χ1v) is 13.0. The minimum atomic E-state index is -3.15. The highest BCUT2D eigenvalue weighted by molar-refractivity contribution is 7.93. The van der Waals surface area contributed by atoms with Gasteiger partial charge in [0.2, 0.25) is 5.91 Å². The number of nitrogens with one attached hydrogen (secondary N) is 1. The van der Waals surface area contributed by atoms with E-state index < -0.39 is 14.6 Å². The summed E-state index contributed by atoms with van der Waals surface area (Å²) in [5.74, 6) is 0.452. The largest absolute Gasteiger partial charge is 0.379 e. The number of hydrogen-bond acceptors (Lipinski definition) is 5. The maximum absolute atomic E-state index is 12.9. The number of sulfone groups is 1. The molecule has 3 aliphatic rings. The Labute approximate surface area is 183 Å². The number of morpholine rings is 1.